The van der Waals surface area contributed by atoms with Crippen molar-refractivity contribution in [2.75, 3.05) is 11.7 Å². The number of fused-ring (bicyclic) bond motifs is 1. The van der Waals surface area contributed by atoms with E-state index in [0.29, 0.717) is 5.11 Å². The fourth-order valence-corrected chi connectivity index (χ4v) is 5.82. The van der Waals surface area contributed by atoms with Crippen molar-refractivity contribution in [3.05, 3.63) is 101 Å². The van der Waals surface area contributed by atoms with Gasteiger partial charge in [-0.3, -0.25) is 4.98 Å². The van der Waals surface area contributed by atoms with Gasteiger partial charge in [0.1, 0.15) is 0 Å². The maximum absolute atomic E-state index is 5.93. The van der Waals surface area contributed by atoms with Crippen LogP contribution < -0.4 is 19.7 Å². The summed E-state index contributed by atoms with van der Waals surface area (Å²) in [6.45, 7) is 6.80. The Hall–Kier alpha value is -3.84. The number of pyridine rings is 1. The molecule has 0 unspecified atom stereocenters. The van der Waals surface area contributed by atoms with Crippen LogP contribution in [0.1, 0.15) is 47.2 Å². The summed E-state index contributed by atoms with van der Waals surface area (Å²) < 4.78 is 13.6. The van der Waals surface area contributed by atoms with E-state index in [-0.39, 0.29) is 18.9 Å². The molecule has 0 aliphatic carbocycles. The van der Waals surface area contributed by atoms with Crippen LogP contribution in [0.4, 0.5) is 5.69 Å². The molecule has 2 aliphatic rings. The molecule has 182 valence electrons. The smallest absolute Gasteiger partial charge is 0.231 e. The van der Waals surface area contributed by atoms with Crippen LogP contribution in [0.15, 0.2) is 72.9 Å². The number of nitrogens with one attached hydrogen (secondary N) is 1. The largest absolute Gasteiger partial charge is 0.454 e. The van der Waals surface area contributed by atoms with E-state index in [2.05, 4.69) is 72.0 Å². The summed E-state index contributed by atoms with van der Waals surface area (Å²) >= 11 is 5.93. The number of thiocarbonyl (C=S) groups is 1. The number of rotatable bonds is 5. The highest BCUT2D eigenvalue weighted by atomic mass is 32.1. The molecule has 0 radical (unpaired) electrons. The summed E-state index contributed by atoms with van der Waals surface area (Å²) in [5, 5.41) is 4.23. The number of hydrogen-bond acceptors (Lipinski definition) is 4. The number of anilines is 1. The first-order chi connectivity index (χ1) is 17.6. The minimum Gasteiger partial charge on any atom is -0.454 e. The summed E-state index contributed by atoms with van der Waals surface area (Å²) in [6.07, 6.45) is 2.80. The van der Waals surface area contributed by atoms with E-state index >= 15 is 0 Å². The van der Waals surface area contributed by atoms with Gasteiger partial charge in [0.05, 0.1) is 17.8 Å². The first kappa shape index (κ1) is 22.6. The highest BCUT2D eigenvalue weighted by Gasteiger charge is 2.42. The summed E-state index contributed by atoms with van der Waals surface area (Å²) in [5.74, 6) is 1.49. The Kier molecular flexibility index (Phi) is 5.64. The topological polar surface area (TPSA) is 51.6 Å². The SMILES string of the molecule is CCc1ccccc1-n1c(C)cc([C@@H]2[C@@H](c3ccccn3)NC(=S)N2c2ccc3c(c2)OCO3)c1C. The molecule has 2 aromatic heterocycles. The Morgan fingerprint density at radius 3 is 2.61 bits per heavy atom. The number of hydrogen-bond donors (Lipinski definition) is 1. The maximum Gasteiger partial charge on any atom is 0.231 e. The molecule has 6 rings (SSSR count). The third-order valence-corrected chi connectivity index (χ3v) is 7.45. The van der Waals surface area contributed by atoms with Crippen molar-refractivity contribution in [1.82, 2.24) is 14.9 Å². The maximum atomic E-state index is 5.93. The Morgan fingerprint density at radius 2 is 1.81 bits per heavy atom. The average Bonchev–Trinajstić information content (AvgIpc) is 3.59. The number of nitrogens with zero attached hydrogens (tertiary/aromatic N) is 3. The van der Waals surface area contributed by atoms with Gasteiger partial charge in [-0.15, -0.1) is 0 Å². The van der Waals surface area contributed by atoms with E-state index < -0.39 is 0 Å². The van der Waals surface area contributed by atoms with Crippen LogP contribution in [0.25, 0.3) is 5.69 Å². The summed E-state index contributed by atoms with van der Waals surface area (Å²) in [4.78, 5) is 6.89. The van der Waals surface area contributed by atoms with Crippen LogP contribution in [0.2, 0.25) is 0 Å². The lowest BCUT2D eigenvalue weighted by Crippen LogP contribution is -2.29. The van der Waals surface area contributed by atoms with E-state index in [0.717, 1.165) is 29.3 Å². The zero-order valence-corrected chi connectivity index (χ0v) is 21.4. The number of para-hydroxylation sites is 1. The molecule has 0 bridgehead atoms. The molecule has 1 saturated heterocycles. The molecule has 7 heteroatoms. The third kappa shape index (κ3) is 3.62. The van der Waals surface area contributed by atoms with Crippen LogP contribution in [0.3, 0.4) is 0 Å². The lowest BCUT2D eigenvalue weighted by atomic mass is 9.96. The van der Waals surface area contributed by atoms with Gasteiger partial charge in [0.2, 0.25) is 6.79 Å². The van der Waals surface area contributed by atoms with Crippen molar-refractivity contribution in [3.63, 3.8) is 0 Å². The van der Waals surface area contributed by atoms with Crippen molar-refractivity contribution in [3.8, 4) is 17.2 Å². The molecule has 0 saturated carbocycles. The van der Waals surface area contributed by atoms with Crippen molar-refractivity contribution in [2.45, 2.75) is 39.3 Å². The molecule has 1 fully saturated rings. The van der Waals surface area contributed by atoms with Gasteiger partial charge in [-0.05, 0) is 80.0 Å². The lowest BCUT2D eigenvalue weighted by molar-refractivity contribution is 0.174. The molecule has 0 amide bonds. The van der Waals surface area contributed by atoms with Gasteiger partial charge >= 0.3 is 0 Å². The molecule has 6 nitrogen and oxygen atoms in total. The van der Waals surface area contributed by atoms with Crippen LogP contribution in [0.5, 0.6) is 11.5 Å². The first-order valence-corrected chi connectivity index (χ1v) is 12.6. The van der Waals surface area contributed by atoms with Crippen LogP contribution in [0, 0.1) is 13.8 Å². The minimum atomic E-state index is -0.112. The van der Waals surface area contributed by atoms with Gasteiger partial charge in [0, 0.05) is 35.0 Å². The zero-order chi connectivity index (χ0) is 24.8. The molecule has 4 aromatic rings. The van der Waals surface area contributed by atoms with E-state index in [1.165, 1.54) is 28.2 Å². The Morgan fingerprint density at radius 1 is 1.00 bits per heavy atom. The lowest BCUT2D eigenvalue weighted by Gasteiger charge is -2.28. The molecular weight excluding hydrogens is 468 g/mol. The number of benzene rings is 2. The Labute approximate surface area is 216 Å². The van der Waals surface area contributed by atoms with E-state index in [4.69, 9.17) is 26.7 Å². The third-order valence-electron chi connectivity index (χ3n) is 7.13. The Balaban J connectivity index is 1.52. The normalized spacial score (nSPS) is 18.5. The monoisotopic (exact) mass is 496 g/mol. The molecule has 4 heterocycles. The first-order valence-electron chi connectivity index (χ1n) is 12.2. The second-order valence-corrected chi connectivity index (χ2v) is 9.57. The number of ether oxygens (including phenoxy) is 2. The summed E-state index contributed by atoms with van der Waals surface area (Å²) in [5.41, 5.74) is 8.03. The highest BCUT2D eigenvalue weighted by molar-refractivity contribution is 7.80. The van der Waals surface area contributed by atoms with Gasteiger partial charge in [-0.25, -0.2) is 0 Å². The summed E-state index contributed by atoms with van der Waals surface area (Å²) in [7, 11) is 0. The summed E-state index contributed by atoms with van der Waals surface area (Å²) in [6, 6.07) is 22.7. The molecular formula is C29H28N4O2S. The van der Waals surface area contributed by atoms with E-state index in [1.54, 1.807) is 0 Å². The van der Waals surface area contributed by atoms with Crippen molar-refractivity contribution < 1.29 is 9.47 Å². The predicted molar refractivity (Wildman–Crippen MR) is 145 cm³/mol. The van der Waals surface area contributed by atoms with Gasteiger partial charge in [-0.1, -0.05) is 31.2 Å². The highest BCUT2D eigenvalue weighted by Crippen LogP contribution is 2.46. The van der Waals surface area contributed by atoms with Crippen molar-refractivity contribution in [2.24, 2.45) is 0 Å². The van der Waals surface area contributed by atoms with Crippen LogP contribution in [-0.2, 0) is 6.42 Å². The van der Waals surface area contributed by atoms with E-state index in [1.807, 2.05) is 36.5 Å². The average molecular weight is 497 g/mol. The second kappa shape index (κ2) is 8.99. The molecule has 2 aliphatic heterocycles. The van der Waals surface area contributed by atoms with Gasteiger partial charge < -0.3 is 24.3 Å². The standard InChI is InChI=1S/C29H28N4O2S/c1-4-20-9-5-6-11-24(20)32-18(2)15-22(19(32)3)28-27(23-10-7-8-14-30-23)31-29(36)33(28)21-12-13-25-26(16-21)35-17-34-25/h5-16,27-28H,4,17H2,1-3H3,(H,31,36)/t27-,28-/m1/s1. The molecule has 2 aromatic carbocycles. The molecule has 36 heavy (non-hydrogen) atoms. The van der Waals surface area contributed by atoms with Crippen molar-refractivity contribution >= 4 is 23.0 Å². The van der Waals surface area contributed by atoms with Gasteiger partial charge in [0.15, 0.2) is 16.6 Å². The predicted octanol–water partition coefficient (Wildman–Crippen LogP) is 5.96. The van der Waals surface area contributed by atoms with Gasteiger partial charge in [-0.2, -0.15) is 0 Å². The van der Waals surface area contributed by atoms with Crippen LogP contribution >= 0.6 is 12.2 Å². The molecule has 1 N–H and O–H groups in total. The van der Waals surface area contributed by atoms with Crippen molar-refractivity contribution in [1.29, 1.82) is 0 Å². The zero-order valence-electron chi connectivity index (χ0n) is 20.6. The van der Waals surface area contributed by atoms with Gasteiger partial charge in [0.25, 0.3) is 0 Å². The quantitative estimate of drug-likeness (QED) is 0.344. The second-order valence-electron chi connectivity index (χ2n) is 9.18. The Bertz CT molecular complexity index is 1450. The molecule has 2 atom stereocenters. The van der Waals surface area contributed by atoms with E-state index in [9.17, 15) is 0 Å². The molecule has 0 spiro atoms. The fraction of sp³-hybridized carbons (Fsp3) is 0.241. The van der Waals surface area contributed by atoms with Crippen LogP contribution in [-0.4, -0.2) is 21.5 Å². The minimum absolute atomic E-state index is 0.0958. The number of aryl methyl sites for hydroxylation is 2. The number of aromatic nitrogens is 2. The fourth-order valence-electron chi connectivity index (χ4n) is 5.47.